The SMILES string of the molecule is CCOCCc1ccc(PCC)cc1. The van der Waals surface area contributed by atoms with Crippen LogP contribution in [0.15, 0.2) is 24.3 Å². The van der Waals surface area contributed by atoms with Crippen molar-refractivity contribution < 1.29 is 4.74 Å². The Hall–Kier alpha value is -0.390. The highest BCUT2D eigenvalue weighted by Crippen LogP contribution is 2.09. The van der Waals surface area contributed by atoms with E-state index < -0.39 is 0 Å². The van der Waals surface area contributed by atoms with E-state index >= 15 is 0 Å². The molecule has 2 heteroatoms. The summed E-state index contributed by atoms with van der Waals surface area (Å²) in [5.74, 6) is 0. The Bertz CT molecular complexity index is 243. The minimum absolute atomic E-state index is 0.815. The van der Waals surface area contributed by atoms with Gasteiger partial charge < -0.3 is 4.74 Å². The van der Waals surface area contributed by atoms with E-state index in [9.17, 15) is 0 Å². The number of rotatable bonds is 6. The third kappa shape index (κ3) is 4.21. The summed E-state index contributed by atoms with van der Waals surface area (Å²) in [4.78, 5) is 0. The van der Waals surface area contributed by atoms with E-state index in [1.54, 1.807) is 0 Å². The highest BCUT2D eigenvalue weighted by Gasteiger charge is 1.94. The third-order valence-corrected chi connectivity index (χ3v) is 3.17. The van der Waals surface area contributed by atoms with Gasteiger partial charge in [0.15, 0.2) is 0 Å². The molecule has 1 nitrogen and oxygen atoms in total. The fourth-order valence-corrected chi connectivity index (χ4v) is 2.14. The first-order chi connectivity index (χ1) is 6.86. The van der Waals surface area contributed by atoms with Crippen LogP contribution in [0.5, 0.6) is 0 Å². The van der Waals surface area contributed by atoms with Crippen LogP contribution in [0.2, 0.25) is 0 Å². The lowest BCUT2D eigenvalue weighted by Gasteiger charge is -2.03. The average Bonchev–Trinajstić information content (AvgIpc) is 2.21. The topological polar surface area (TPSA) is 9.23 Å². The van der Waals surface area contributed by atoms with Crippen LogP contribution >= 0.6 is 8.58 Å². The summed E-state index contributed by atoms with van der Waals surface area (Å²) in [5, 5.41) is 1.47. The van der Waals surface area contributed by atoms with Gasteiger partial charge in [-0.3, -0.25) is 0 Å². The zero-order valence-corrected chi connectivity index (χ0v) is 10.0. The van der Waals surface area contributed by atoms with Crippen molar-refractivity contribution in [1.29, 1.82) is 0 Å². The fraction of sp³-hybridized carbons (Fsp3) is 0.500. The van der Waals surface area contributed by atoms with Crippen molar-refractivity contribution in [3.05, 3.63) is 29.8 Å². The van der Waals surface area contributed by atoms with Crippen molar-refractivity contribution in [3.63, 3.8) is 0 Å². The Morgan fingerprint density at radius 3 is 2.43 bits per heavy atom. The van der Waals surface area contributed by atoms with Gasteiger partial charge in [0.05, 0.1) is 6.61 Å². The lowest BCUT2D eigenvalue weighted by molar-refractivity contribution is 0.151. The van der Waals surface area contributed by atoms with Crippen LogP contribution in [0.4, 0.5) is 0 Å². The smallest absolute Gasteiger partial charge is 0.0506 e. The van der Waals surface area contributed by atoms with E-state index in [2.05, 4.69) is 31.2 Å². The molecular formula is C12H19OP. The largest absolute Gasteiger partial charge is 0.381 e. The van der Waals surface area contributed by atoms with Gasteiger partial charge >= 0.3 is 0 Å². The van der Waals surface area contributed by atoms with Crippen LogP contribution in [0.3, 0.4) is 0 Å². The molecule has 0 N–H and O–H groups in total. The average molecular weight is 210 g/mol. The number of ether oxygens (including phenoxy) is 1. The molecule has 0 radical (unpaired) electrons. The Kier molecular flexibility index (Phi) is 5.82. The predicted molar refractivity (Wildman–Crippen MR) is 65.1 cm³/mol. The van der Waals surface area contributed by atoms with Gasteiger partial charge in [-0.1, -0.05) is 39.8 Å². The number of benzene rings is 1. The van der Waals surface area contributed by atoms with Gasteiger partial charge in [-0.15, -0.1) is 0 Å². The summed E-state index contributed by atoms with van der Waals surface area (Å²) in [6, 6.07) is 8.92. The predicted octanol–water partition coefficient (Wildman–Crippen LogP) is 2.59. The molecular weight excluding hydrogens is 191 g/mol. The minimum Gasteiger partial charge on any atom is -0.381 e. The van der Waals surface area contributed by atoms with Crippen LogP contribution in [-0.2, 0) is 11.2 Å². The Morgan fingerprint density at radius 2 is 1.86 bits per heavy atom. The maximum Gasteiger partial charge on any atom is 0.0506 e. The molecule has 0 heterocycles. The van der Waals surface area contributed by atoms with Crippen molar-refractivity contribution in [3.8, 4) is 0 Å². The molecule has 0 bridgehead atoms. The van der Waals surface area contributed by atoms with E-state index in [1.165, 1.54) is 17.0 Å². The van der Waals surface area contributed by atoms with E-state index in [0.29, 0.717) is 0 Å². The highest BCUT2D eigenvalue weighted by atomic mass is 31.1. The molecule has 0 amide bonds. The zero-order valence-electron chi connectivity index (χ0n) is 9.05. The van der Waals surface area contributed by atoms with E-state index in [0.717, 1.165) is 28.2 Å². The van der Waals surface area contributed by atoms with Crippen molar-refractivity contribution in [2.24, 2.45) is 0 Å². The van der Waals surface area contributed by atoms with Gasteiger partial charge in [0.25, 0.3) is 0 Å². The quantitative estimate of drug-likeness (QED) is 0.518. The summed E-state index contributed by atoms with van der Waals surface area (Å²) in [6.45, 7) is 5.91. The van der Waals surface area contributed by atoms with Gasteiger partial charge in [-0.25, -0.2) is 0 Å². The first kappa shape index (κ1) is 11.7. The first-order valence-electron chi connectivity index (χ1n) is 5.27. The summed E-state index contributed by atoms with van der Waals surface area (Å²) in [6.07, 6.45) is 2.28. The molecule has 78 valence electrons. The Morgan fingerprint density at radius 1 is 1.14 bits per heavy atom. The monoisotopic (exact) mass is 210 g/mol. The molecule has 1 aromatic carbocycles. The molecule has 0 aliphatic heterocycles. The zero-order chi connectivity index (χ0) is 10.2. The molecule has 0 saturated heterocycles. The van der Waals surface area contributed by atoms with E-state index in [1.807, 2.05) is 6.92 Å². The van der Waals surface area contributed by atoms with E-state index in [4.69, 9.17) is 4.74 Å². The Labute approximate surface area is 88.6 Å². The summed E-state index contributed by atoms with van der Waals surface area (Å²) >= 11 is 0. The van der Waals surface area contributed by atoms with Gasteiger partial charge in [0.2, 0.25) is 0 Å². The molecule has 0 aliphatic rings. The molecule has 0 aliphatic carbocycles. The molecule has 0 saturated carbocycles. The molecule has 1 rings (SSSR count). The molecule has 14 heavy (non-hydrogen) atoms. The fourth-order valence-electron chi connectivity index (χ4n) is 1.33. The van der Waals surface area contributed by atoms with Crippen molar-refractivity contribution in [1.82, 2.24) is 0 Å². The summed E-state index contributed by atoms with van der Waals surface area (Å²) < 4.78 is 5.32. The van der Waals surface area contributed by atoms with Crippen LogP contribution < -0.4 is 5.30 Å². The maximum atomic E-state index is 5.32. The van der Waals surface area contributed by atoms with Gasteiger partial charge in [-0.2, -0.15) is 0 Å². The molecule has 1 unspecified atom stereocenters. The highest BCUT2D eigenvalue weighted by molar-refractivity contribution is 7.47. The maximum absolute atomic E-state index is 5.32. The third-order valence-electron chi connectivity index (χ3n) is 2.07. The van der Waals surface area contributed by atoms with Crippen LogP contribution in [-0.4, -0.2) is 19.4 Å². The lowest BCUT2D eigenvalue weighted by Crippen LogP contribution is -2.00. The molecule has 0 spiro atoms. The second-order valence-corrected chi connectivity index (χ2v) is 4.81. The molecule has 1 atom stereocenters. The second kappa shape index (κ2) is 6.98. The number of hydrogen-bond acceptors (Lipinski definition) is 1. The van der Waals surface area contributed by atoms with E-state index in [-0.39, 0.29) is 0 Å². The summed E-state index contributed by atoms with van der Waals surface area (Å²) in [7, 11) is 0.955. The van der Waals surface area contributed by atoms with Crippen LogP contribution in [0, 0.1) is 0 Å². The van der Waals surface area contributed by atoms with Crippen LogP contribution in [0.1, 0.15) is 19.4 Å². The number of hydrogen-bond donors (Lipinski definition) is 0. The Balaban J connectivity index is 2.38. The van der Waals surface area contributed by atoms with Gasteiger partial charge in [0.1, 0.15) is 0 Å². The summed E-state index contributed by atoms with van der Waals surface area (Å²) in [5.41, 5.74) is 1.38. The van der Waals surface area contributed by atoms with Gasteiger partial charge in [-0.05, 0) is 30.4 Å². The van der Waals surface area contributed by atoms with Gasteiger partial charge in [0, 0.05) is 6.61 Å². The minimum atomic E-state index is 0.815. The second-order valence-electron chi connectivity index (χ2n) is 3.17. The van der Waals surface area contributed by atoms with Crippen molar-refractivity contribution >= 4 is 13.9 Å². The first-order valence-corrected chi connectivity index (χ1v) is 6.48. The molecule has 0 fully saturated rings. The van der Waals surface area contributed by atoms with Crippen LogP contribution in [0.25, 0.3) is 0 Å². The van der Waals surface area contributed by atoms with Crippen molar-refractivity contribution in [2.45, 2.75) is 20.3 Å². The lowest BCUT2D eigenvalue weighted by atomic mass is 10.2. The molecule has 0 aromatic heterocycles. The van der Waals surface area contributed by atoms with Crippen molar-refractivity contribution in [2.75, 3.05) is 19.4 Å². The normalized spacial score (nSPS) is 11.3. The standard InChI is InChI=1S/C12H19OP/c1-3-13-10-9-11-5-7-12(8-6-11)14-4-2/h5-8,14H,3-4,9-10H2,1-2H3. The molecule has 1 aromatic rings.